The molecule has 1 aliphatic heterocycles. The first-order chi connectivity index (χ1) is 8.97. The maximum absolute atomic E-state index is 12.8. The smallest absolute Gasteiger partial charge is 0.259 e. The van der Waals surface area contributed by atoms with E-state index in [0.717, 1.165) is 5.56 Å². The molecule has 1 aromatic rings. The quantitative estimate of drug-likeness (QED) is 0.879. The number of amides is 1. The summed E-state index contributed by atoms with van der Waals surface area (Å²) in [5.74, 6) is -0.521. The third-order valence-corrected chi connectivity index (χ3v) is 2.80. The summed E-state index contributed by atoms with van der Waals surface area (Å²) in [5, 5.41) is 3.99. The van der Waals surface area contributed by atoms with Gasteiger partial charge in [-0.2, -0.15) is 0 Å². The molecule has 2 N–H and O–H groups in total. The lowest BCUT2D eigenvalue weighted by Gasteiger charge is -2.15. The number of hydrogen-bond acceptors (Lipinski definition) is 3. The molecule has 1 heterocycles. The Hall–Kier alpha value is -1.95. The molecule has 1 amide bonds. The van der Waals surface area contributed by atoms with E-state index in [1.165, 1.54) is 11.2 Å². The van der Waals surface area contributed by atoms with Crippen LogP contribution in [0.1, 0.15) is 5.56 Å². The van der Waals surface area contributed by atoms with E-state index < -0.39 is 18.4 Å². The number of hydrogen-bond donors (Lipinski definition) is 2. The lowest BCUT2D eigenvalue weighted by Crippen LogP contribution is -2.40. The number of nitrogens with one attached hydrogen (secondary N) is 2. The molecule has 0 aromatic heterocycles. The SMILES string of the molecule is Cc1cccc(NC(=O)C2=CN(C)NC2C(F)F)c1. The van der Waals surface area contributed by atoms with Crippen molar-refractivity contribution in [1.29, 1.82) is 0 Å². The molecule has 102 valence electrons. The van der Waals surface area contributed by atoms with E-state index in [1.54, 1.807) is 25.2 Å². The van der Waals surface area contributed by atoms with E-state index in [1.807, 2.05) is 13.0 Å². The van der Waals surface area contributed by atoms with Crippen molar-refractivity contribution >= 4 is 11.6 Å². The van der Waals surface area contributed by atoms with Gasteiger partial charge >= 0.3 is 0 Å². The van der Waals surface area contributed by atoms with Crippen molar-refractivity contribution in [2.45, 2.75) is 19.4 Å². The van der Waals surface area contributed by atoms with Gasteiger partial charge in [0.1, 0.15) is 6.04 Å². The Kier molecular flexibility index (Phi) is 3.80. The molecule has 1 unspecified atom stereocenters. The van der Waals surface area contributed by atoms with Gasteiger partial charge in [-0.05, 0) is 24.6 Å². The van der Waals surface area contributed by atoms with Crippen LogP contribution in [0, 0.1) is 6.92 Å². The van der Waals surface area contributed by atoms with Crippen molar-refractivity contribution < 1.29 is 13.6 Å². The maximum Gasteiger partial charge on any atom is 0.259 e. The predicted molar refractivity (Wildman–Crippen MR) is 68.6 cm³/mol. The second-order valence-electron chi connectivity index (χ2n) is 4.46. The first kappa shape index (κ1) is 13.5. The van der Waals surface area contributed by atoms with Crippen LogP contribution in [-0.2, 0) is 4.79 Å². The van der Waals surface area contributed by atoms with Crippen LogP contribution in [0.5, 0.6) is 0 Å². The Bertz CT molecular complexity index is 516. The summed E-state index contributed by atoms with van der Waals surface area (Å²) >= 11 is 0. The minimum Gasteiger partial charge on any atom is -0.322 e. The van der Waals surface area contributed by atoms with Crippen LogP contribution in [-0.4, -0.2) is 30.4 Å². The van der Waals surface area contributed by atoms with Gasteiger partial charge < -0.3 is 10.3 Å². The number of benzene rings is 1. The highest BCUT2D eigenvalue weighted by atomic mass is 19.3. The number of rotatable bonds is 3. The molecule has 1 aromatic carbocycles. The fourth-order valence-corrected chi connectivity index (χ4v) is 1.93. The second kappa shape index (κ2) is 5.36. The van der Waals surface area contributed by atoms with Gasteiger partial charge in [-0.15, -0.1) is 0 Å². The van der Waals surface area contributed by atoms with E-state index in [9.17, 15) is 13.6 Å². The lowest BCUT2D eigenvalue weighted by atomic mass is 10.1. The maximum atomic E-state index is 12.8. The number of aryl methyl sites for hydroxylation is 1. The van der Waals surface area contributed by atoms with E-state index in [-0.39, 0.29) is 5.57 Å². The molecule has 6 heteroatoms. The summed E-state index contributed by atoms with van der Waals surface area (Å²) in [7, 11) is 1.57. The number of alkyl halides is 2. The number of halogens is 2. The Morgan fingerprint density at radius 3 is 2.84 bits per heavy atom. The molecule has 2 rings (SSSR count). The predicted octanol–water partition coefficient (Wildman–Crippen LogP) is 1.90. The van der Waals surface area contributed by atoms with Gasteiger partial charge in [0.05, 0.1) is 5.57 Å². The van der Waals surface area contributed by atoms with Crippen LogP contribution in [0.25, 0.3) is 0 Å². The second-order valence-corrected chi connectivity index (χ2v) is 4.46. The summed E-state index contributed by atoms with van der Waals surface area (Å²) in [5.41, 5.74) is 4.11. The highest BCUT2D eigenvalue weighted by molar-refractivity contribution is 6.04. The Balaban J connectivity index is 2.13. The van der Waals surface area contributed by atoms with Crippen molar-refractivity contribution in [3.05, 3.63) is 41.6 Å². The van der Waals surface area contributed by atoms with Crippen LogP contribution >= 0.6 is 0 Å². The monoisotopic (exact) mass is 267 g/mol. The molecule has 4 nitrogen and oxygen atoms in total. The Morgan fingerprint density at radius 1 is 1.47 bits per heavy atom. The molecule has 19 heavy (non-hydrogen) atoms. The van der Waals surface area contributed by atoms with Gasteiger partial charge in [-0.3, -0.25) is 4.79 Å². The molecular weight excluding hydrogens is 252 g/mol. The summed E-state index contributed by atoms with van der Waals surface area (Å²) in [6, 6.07) is 5.91. The topological polar surface area (TPSA) is 44.4 Å². The molecule has 1 atom stereocenters. The zero-order valence-electron chi connectivity index (χ0n) is 10.7. The summed E-state index contributed by atoms with van der Waals surface area (Å²) in [6.07, 6.45) is -1.26. The Labute approximate surface area is 110 Å². The van der Waals surface area contributed by atoms with Crippen molar-refractivity contribution in [1.82, 2.24) is 10.4 Å². The molecule has 0 spiro atoms. The average Bonchev–Trinajstić information content (AvgIpc) is 2.71. The molecule has 0 radical (unpaired) electrons. The molecule has 0 aliphatic carbocycles. The largest absolute Gasteiger partial charge is 0.322 e. The third-order valence-electron chi connectivity index (χ3n) is 2.80. The number of carbonyl (C=O) groups is 1. The highest BCUT2D eigenvalue weighted by Crippen LogP contribution is 2.20. The van der Waals surface area contributed by atoms with Crippen LogP contribution in [0.15, 0.2) is 36.0 Å². The molecule has 0 saturated heterocycles. The number of anilines is 1. The van der Waals surface area contributed by atoms with Crippen molar-refractivity contribution in [3.8, 4) is 0 Å². The molecule has 0 saturated carbocycles. The molecular formula is C13H15F2N3O. The Morgan fingerprint density at radius 2 is 2.21 bits per heavy atom. The summed E-state index contributed by atoms with van der Waals surface area (Å²) in [4.78, 5) is 12.0. The third kappa shape index (κ3) is 3.08. The number of nitrogens with zero attached hydrogens (tertiary/aromatic N) is 1. The first-order valence-electron chi connectivity index (χ1n) is 5.84. The van der Waals surface area contributed by atoms with Gasteiger partial charge in [0.15, 0.2) is 0 Å². The fraction of sp³-hybridized carbons (Fsp3) is 0.308. The minimum atomic E-state index is -2.64. The van der Waals surface area contributed by atoms with Gasteiger partial charge in [0, 0.05) is 18.9 Å². The van der Waals surface area contributed by atoms with Crippen LogP contribution in [0.3, 0.4) is 0 Å². The van der Waals surface area contributed by atoms with Crippen molar-refractivity contribution in [2.24, 2.45) is 0 Å². The summed E-state index contributed by atoms with van der Waals surface area (Å²) < 4.78 is 25.6. The van der Waals surface area contributed by atoms with Gasteiger partial charge in [0.2, 0.25) is 0 Å². The van der Waals surface area contributed by atoms with Gasteiger partial charge in [-0.25, -0.2) is 14.2 Å². The summed E-state index contributed by atoms with van der Waals surface area (Å²) in [6.45, 7) is 1.89. The first-order valence-corrected chi connectivity index (χ1v) is 5.84. The number of hydrazine groups is 1. The highest BCUT2D eigenvalue weighted by Gasteiger charge is 2.34. The van der Waals surface area contributed by atoms with Crippen LogP contribution in [0.2, 0.25) is 0 Å². The fourth-order valence-electron chi connectivity index (χ4n) is 1.93. The molecule has 1 aliphatic rings. The van der Waals surface area contributed by atoms with Crippen molar-refractivity contribution in [2.75, 3.05) is 12.4 Å². The molecule has 0 bridgehead atoms. The standard InChI is InChI=1S/C13H15F2N3O/c1-8-4-3-5-9(6-8)16-13(19)10-7-18(2)17-11(10)12(14)15/h3-7,11-12,17H,1-2H3,(H,16,19). The normalized spacial score (nSPS) is 18.7. The van der Waals surface area contributed by atoms with Crippen molar-refractivity contribution in [3.63, 3.8) is 0 Å². The zero-order valence-corrected chi connectivity index (χ0v) is 10.7. The van der Waals surface area contributed by atoms with Gasteiger partial charge in [-0.1, -0.05) is 12.1 Å². The van der Waals surface area contributed by atoms with Crippen LogP contribution in [0.4, 0.5) is 14.5 Å². The average molecular weight is 267 g/mol. The lowest BCUT2D eigenvalue weighted by molar-refractivity contribution is -0.113. The van der Waals surface area contributed by atoms with Crippen LogP contribution < -0.4 is 10.7 Å². The number of carbonyl (C=O) groups excluding carboxylic acids is 1. The van der Waals surface area contributed by atoms with E-state index in [2.05, 4.69) is 10.7 Å². The minimum absolute atomic E-state index is 0.0269. The zero-order chi connectivity index (χ0) is 14.0. The van der Waals surface area contributed by atoms with E-state index in [0.29, 0.717) is 5.69 Å². The van der Waals surface area contributed by atoms with Gasteiger partial charge in [0.25, 0.3) is 12.3 Å². The van der Waals surface area contributed by atoms with E-state index >= 15 is 0 Å². The molecule has 0 fully saturated rings. The van der Waals surface area contributed by atoms with E-state index in [4.69, 9.17) is 0 Å².